The average Bonchev–Trinajstić information content (AvgIpc) is 3.59. The molecule has 0 spiro atoms. The third-order valence-corrected chi connectivity index (χ3v) is 6.45. The monoisotopic (exact) mass is 400 g/mol. The van der Waals surface area contributed by atoms with Crippen LogP contribution < -0.4 is 4.74 Å². The number of piperidine rings is 1. The zero-order valence-electron chi connectivity index (χ0n) is 17.7. The van der Waals surface area contributed by atoms with Crippen molar-refractivity contribution in [3.8, 4) is 16.9 Å². The van der Waals surface area contributed by atoms with Crippen molar-refractivity contribution in [2.45, 2.75) is 51.7 Å². The van der Waals surface area contributed by atoms with Crippen molar-refractivity contribution in [1.82, 2.24) is 9.88 Å². The van der Waals surface area contributed by atoms with E-state index < -0.39 is 0 Å². The fourth-order valence-corrected chi connectivity index (χ4v) is 4.58. The van der Waals surface area contributed by atoms with Gasteiger partial charge in [-0.15, -0.1) is 0 Å². The molecule has 1 saturated heterocycles. The molecule has 154 valence electrons. The molecule has 5 rings (SSSR count). The highest BCUT2D eigenvalue weighted by atomic mass is 16.5. The summed E-state index contributed by atoms with van der Waals surface area (Å²) in [5.74, 6) is 1.55. The molecule has 1 amide bonds. The molecule has 2 atom stereocenters. The van der Waals surface area contributed by atoms with Crippen molar-refractivity contribution >= 4 is 16.8 Å². The number of carbonyl (C=O) groups is 1. The van der Waals surface area contributed by atoms with Gasteiger partial charge in [0.05, 0.1) is 5.52 Å². The predicted molar refractivity (Wildman–Crippen MR) is 119 cm³/mol. The summed E-state index contributed by atoms with van der Waals surface area (Å²) in [5.41, 5.74) is 4.63. The first kappa shape index (κ1) is 19.1. The Kier molecular flexibility index (Phi) is 4.93. The maximum atomic E-state index is 12.4. The average molecular weight is 401 g/mol. The fraction of sp³-hybridized carbons (Fsp3) is 0.385. The van der Waals surface area contributed by atoms with E-state index >= 15 is 0 Å². The Morgan fingerprint density at radius 2 is 1.90 bits per heavy atom. The van der Waals surface area contributed by atoms with E-state index in [4.69, 9.17) is 4.74 Å². The number of ether oxygens (including phenoxy) is 1. The van der Waals surface area contributed by atoms with Gasteiger partial charge in [0, 0.05) is 42.9 Å². The summed E-state index contributed by atoms with van der Waals surface area (Å²) in [6, 6.07) is 17.1. The molecule has 2 aliphatic rings. The molecule has 2 fully saturated rings. The van der Waals surface area contributed by atoms with E-state index in [1.165, 1.54) is 22.1 Å². The Morgan fingerprint density at radius 1 is 1.10 bits per heavy atom. The maximum absolute atomic E-state index is 12.4. The number of carbonyl (C=O) groups excluding carboxylic acids is 1. The van der Waals surface area contributed by atoms with E-state index in [0.29, 0.717) is 11.8 Å². The van der Waals surface area contributed by atoms with Gasteiger partial charge in [0.2, 0.25) is 5.91 Å². The summed E-state index contributed by atoms with van der Waals surface area (Å²) < 4.78 is 6.27. The zero-order valence-corrected chi connectivity index (χ0v) is 17.7. The standard InChI is InChI=1S/C26H28N2O2/c1-17-14-21-4-3-12-27-25(21)16-24(17)19-7-9-22(10-8-19)30-23-11-13-28(18(2)15-23)26(29)20-5-6-20/h3-4,7-10,12,14,16,18,20,23H,5-6,11,13,15H2,1-2H3. The normalized spacial score (nSPS) is 21.6. The molecule has 2 heterocycles. The van der Waals surface area contributed by atoms with Crippen LogP contribution in [0.3, 0.4) is 0 Å². The van der Waals surface area contributed by atoms with Gasteiger partial charge in [-0.2, -0.15) is 0 Å². The molecule has 2 unspecified atom stereocenters. The van der Waals surface area contributed by atoms with Crippen LogP contribution >= 0.6 is 0 Å². The molecular formula is C26H28N2O2. The van der Waals surface area contributed by atoms with Gasteiger partial charge in [0.1, 0.15) is 11.9 Å². The van der Waals surface area contributed by atoms with Gasteiger partial charge in [-0.25, -0.2) is 0 Å². The van der Waals surface area contributed by atoms with E-state index in [-0.39, 0.29) is 12.1 Å². The Balaban J connectivity index is 1.27. The minimum absolute atomic E-state index is 0.167. The molecule has 0 N–H and O–H groups in total. The van der Waals surface area contributed by atoms with Crippen LogP contribution in [0.15, 0.2) is 54.7 Å². The first-order valence-electron chi connectivity index (χ1n) is 11.0. The molecule has 1 aromatic heterocycles. The SMILES string of the molecule is Cc1cc2cccnc2cc1-c1ccc(OC2CCN(C(=O)C3CC3)C(C)C2)cc1. The molecule has 1 aliphatic carbocycles. The van der Waals surface area contributed by atoms with E-state index in [1.807, 2.05) is 12.3 Å². The summed E-state index contributed by atoms with van der Waals surface area (Å²) in [4.78, 5) is 19.0. The number of likely N-dealkylation sites (tertiary alicyclic amines) is 1. The van der Waals surface area contributed by atoms with E-state index in [0.717, 1.165) is 43.5 Å². The smallest absolute Gasteiger partial charge is 0.225 e. The number of fused-ring (bicyclic) bond motifs is 1. The Bertz CT molecular complexity index is 1070. The quantitative estimate of drug-likeness (QED) is 0.591. The first-order chi connectivity index (χ1) is 14.6. The van der Waals surface area contributed by atoms with Crippen LogP contribution in [0.2, 0.25) is 0 Å². The molecule has 1 aliphatic heterocycles. The van der Waals surface area contributed by atoms with Crippen LogP contribution in [0, 0.1) is 12.8 Å². The van der Waals surface area contributed by atoms with Crippen LogP contribution in [0.25, 0.3) is 22.0 Å². The Hall–Kier alpha value is -2.88. The number of aromatic nitrogens is 1. The molecule has 3 aromatic rings. The van der Waals surface area contributed by atoms with Crippen molar-refractivity contribution in [1.29, 1.82) is 0 Å². The van der Waals surface area contributed by atoms with E-state index in [1.54, 1.807) is 0 Å². The molecule has 0 radical (unpaired) electrons. The minimum Gasteiger partial charge on any atom is -0.490 e. The zero-order chi connectivity index (χ0) is 20.7. The van der Waals surface area contributed by atoms with Crippen molar-refractivity contribution in [2.24, 2.45) is 5.92 Å². The van der Waals surface area contributed by atoms with Gasteiger partial charge < -0.3 is 9.64 Å². The number of amides is 1. The van der Waals surface area contributed by atoms with Crippen molar-refractivity contribution in [2.75, 3.05) is 6.54 Å². The molecule has 4 nitrogen and oxygen atoms in total. The lowest BCUT2D eigenvalue weighted by Gasteiger charge is -2.37. The highest BCUT2D eigenvalue weighted by Crippen LogP contribution is 2.34. The fourth-order valence-electron chi connectivity index (χ4n) is 4.58. The lowest BCUT2D eigenvalue weighted by Crippen LogP contribution is -2.48. The second-order valence-electron chi connectivity index (χ2n) is 8.81. The highest BCUT2D eigenvalue weighted by molar-refractivity contribution is 5.86. The van der Waals surface area contributed by atoms with Gasteiger partial charge >= 0.3 is 0 Å². The number of rotatable bonds is 4. The van der Waals surface area contributed by atoms with Gasteiger partial charge in [-0.1, -0.05) is 18.2 Å². The van der Waals surface area contributed by atoms with Crippen LogP contribution in [0.1, 0.15) is 38.2 Å². The summed E-state index contributed by atoms with van der Waals surface area (Å²) in [6.07, 6.45) is 5.95. The number of pyridine rings is 1. The summed E-state index contributed by atoms with van der Waals surface area (Å²) in [6.45, 7) is 5.10. The van der Waals surface area contributed by atoms with Gasteiger partial charge in [-0.05, 0) is 73.7 Å². The number of aryl methyl sites for hydroxylation is 1. The first-order valence-corrected chi connectivity index (χ1v) is 11.0. The summed E-state index contributed by atoms with van der Waals surface area (Å²) in [5, 5.41) is 1.17. The summed E-state index contributed by atoms with van der Waals surface area (Å²) >= 11 is 0. The number of nitrogens with zero attached hydrogens (tertiary/aromatic N) is 2. The van der Waals surface area contributed by atoms with Crippen LogP contribution in [-0.2, 0) is 4.79 Å². The largest absolute Gasteiger partial charge is 0.490 e. The van der Waals surface area contributed by atoms with Crippen LogP contribution in [0.5, 0.6) is 5.75 Å². The third kappa shape index (κ3) is 3.79. The van der Waals surface area contributed by atoms with Crippen LogP contribution in [-0.4, -0.2) is 34.5 Å². The topological polar surface area (TPSA) is 42.4 Å². The number of hydrogen-bond acceptors (Lipinski definition) is 3. The Morgan fingerprint density at radius 3 is 2.63 bits per heavy atom. The van der Waals surface area contributed by atoms with Gasteiger partial charge in [0.25, 0.3) is 0 Å². The molecular weight excluding hydrogens is 372 g/mol. The lowest BCUT2D eigenvalue weighted by molar-refractivity contribution is -0.137. The lowest BCUT2D eigenvalue weighted by atomic mass is 9.98. The summed E-state index contributed by atoms with van der Waals surface area (Å²) in [7, 11) is 0. The Labute approximate surface area is 177 Å². The van der Waals surface area contributed by atoms with Gasteiger partial charge in [-0.3, -0.25) is 9.78 Å². The van der Waals surface area contributed by atoms with E-state index in [2.05, 4.69) is 66.2 Å². The molecule has 30 heavy (non-hydrogen) atoms. The highest BCUT2D eigenvalue weighted by Gasteiger charge is 2.38. The second kappa shape index (κ2) is 7.75. The van der Waals surface area contributed by atoms with Crippen molar-refractivity contribution in [3.63, 3.8) is 0 Å². The van der Waals surface area contributed by atoms with E-state index in [9.17, 15) is 4.79 Å². The molecule has 1 saturated carbocycles. The maximum Gasteiger partial charge on any atom is 0.225 e. The second-order valence-corrected chi connectivity index (χ2v) is 8.81. The number of hydrogen-bond donors (Lipinski definition) is 0. The van der Waals surface area contributed by atoms with Gasteiger partial charge in [0.15, 0.2) is 0 Å². The number of benzene rings is 2. The molecule has 0 bridgehead atoms. The predicted octanol–water partition coefficient (Wildman–Crippen LogP) is 5.38. The molecule has 2 aromatic carbocycles. The molecule has 4 heteroatoms. The third-order valence-electron chi connectivity index (χ3n) is 6.45. The minimum atomic E-state index is 0.167. The van der Waals surface area contributed by atoms with Crippen molar-refractivity contribution in [3.05, 3.63) is 60.3 Å². The van der Waals surface area contributed by atoms with Crippen molar-refractivity contribution < 1.29 is 9.53 Å². The van der Waals surface area contributed by atoms with Crippen LogP contribution in [0.4, 0.5) is 0 Å².